The van der Waals surface area contributed by atoms with Gasteiger partial charge in [0.2, 0.25) is 0 Å². The fraction of sp³-hybridized carbons (Fsp3) is 0.250. The zero-order valence-electron chi connectivity index (χ0n) is 11.3. The van der Waals surface area contributed by atoms with Crippen molar-refractivity contribution in [2.75, 3.05) is 0 Å². The predicted octanol–water partition coefficient (Wildman–Crippen LogP) is 4.66. The van der Waals surface area contributed by atoms with Crippen LogP contribution in [-0.4, -0.2) is 6.04 Å². The summed E-state index contributed by atoms with van der Waals surface area (Å²) >= 11 is 3.53. The molecule has 20 heavy (non-hydrogen) atoms. The van der Waals surface area contributed by atoms with Gasteiger partial charge in [-0.25, -0.2) is 4.39 Å². The molecule has 0 radical (unpaired) electrons. The molecule has 0 bridgehead atoms. The summed E-state index contributed by atoms with van der Waals surface area (Å²) in [6.07, 6.45) is 1.77. The minimum absolute atomic E-state index is 0.162. The Balaban J connectivity index is 2.10. The van der Waals surface area contributed by atoms with Crippen LogP contribution in [0.4, 0.5) is 4.39 Å². The zero-order valence-corrected chi connectivity index (χ0v) is 12.9. The molecule has 0 spiro atoms. The normalized spacial score (nSPS) is 12.2. The first kappa shape index (κ1) is 15.0. The smallest absolute Gasteiger partial charge is 0.128 e. The molecule has 0 amide bonds. The van der Waals surface area contributed by atoms with Crippen LogP contribution in [0.2, 0.25) is 0 Å². The Morgan fingerprint density at radius 1 is 1.15 bits per heavy atom. The van der Waals surface area contributed by atoms with Crippen molar-refractivity contribution < 1.29 is 9.13 Å². The van der Waals surface area contributed by atoms with Crippen molar-refractivity contribution in [2.24, 2.45) is 5.73 Å². The molecule has 2 aromatic rings. The maximum Gasteiger partial charge on any atom is 0.128 e. The van der Waals surface area contributed by atoms with Crippen molar-refractivity contribution in [1.82, 2.24) is 0 Å². The third-order valence-corrected chi connectivity index (χ3v) is 3.82. The third kappa shape index (κ3) is 4.05. The summed E-state index contributed by atoms with van der Waals surface area (Å²) in [5, 5.41) is 0. The average molecular weight is 338 g/mol. The standard InChI is InChI=1S/C16H17BrFNO/c1-2-13(19)9-11-3-6-15(10-16(11)17)20-14-7-4-12(18)5-8-14/h3-8,10,13H,2,9,19H2,1H3. The molecule has 4 heteroatoms. The van der Waals surface area contributed by atoms with E-state index in [0.29, 0.717) is 11.5 Å². The summed E-state index contributed by atoms with van der Waals surface area (Å²) < 4.78 is 19.5. The summed E-state index contributed by atoms with van der Waals surface area (Å²) in [5.74, 6) is 1.04. The maximum atomic E-state index is 12.8. The van der Waals surface area contributed by atoms with Crippen LogP contribution < -0.4 is 10.5 Å². The number of halogens is 2. The maximum absolute atomic E-state index is 12.8. The Hall–Kier alpha value is -1.39. The van der Waals surface area contributed by atoms with E-state index in [0.717, 1.165) is 22.9 Å². The van der Waals surface area contributed by atoms with Gasteiger partial charge in [0, 0.05) is 10.5 Å². The van der Waals surface area contributed by atoms with Crippen LogP contribution in [0.15, 0.2) is 46.9 Å². The van der Waals surface area contributed by atoms with Gasteiger partial charge < -0.3 is 10.5 Å². The molecule has 1 atom stereocenters. The molecule has 106 valence electrons. The summed E-state index contributed by atoms with van der Waals surface area (Å²) in [6, 6.07) is 11.9. The fourth-order valence-corrected chi connectivity index (χ4v) is 2.34. The lowest BCUT2D eigenvalue weighted by molar-refractivity contribution is 0.480. The molecule has 0 saturated carbocycles. The summed E-state index contributed by atoms with van der Waals surface area (Å²) in [6.45, 7) is 2.07. The second-order valence-electron chi connectivity index (χ2n) is 4.68. The van der Waals surface area contributed by atoms with Crippen LogP contribution in [0, 0.1) is 5.82 Å². The largest absolute Gasteiger partial charge is 0.457 e. The van der Waals surface area contributed by atoms with Crippen molar-refractivity contribution in [2.45, 2.75) is 25.8 Å². The molecule has 0 aliphatic heterocycles. The Kier molecular flexibility index (Phi) is 5.15. The first-order valence-electron chi connectivity index (χ1n) is 6.56. The molecule has 0 fully saturated rings. The molecular formula is C16H17BrFNO. The molecule has 0 heterocycles. The van der Waals surface area contributed by atoms with E-state index >= 15 is 0 Å². The molecule has 2 aromatic carbocycles. The van der Waals surface area contributed by atoms with E-state index in [1.807, 2.05) is 18.2 Å². The SMILES string of the molecule is CCC(N)Cc1ccc(Oc2ccc(F)cc2)cc1Br. The first-order chi connectivity index (χ1) is 9.58. The van der Waals surface area contributed by atoms with E-state index in [1.165, 1.54) is 12.1 Å². The third-order valence-electron chi connectivity index (χ3n) is 3.08. The van der Waals surface area contributed by atoms with Gasteiger partial charge in [0.05, 0.1) is 0 Å². The highest BCUT2D eigenvalue weighted by Gasteiger charge is 2.07. The van der Waals surface area contributed by atoms with E-state index in [4.69, 9.17) is 10.5 Å². The van der Waals surface area contributed by atoms with Gasteiger partial charge in [-0.2, -0.15) is 0 Å². The zero-order chi connectivity index (χ0) is 14.5. The van der Waals surface area contributed by atoms with E-state index in [1.54, 1.807) is 12.1 Å². The van der Waals surface area contributed by atoms with Crippen LogP contribution in [0.25, 0.3) is 0 Å². The van der Waals surface area contributed by atoms with Crippen molar-refractivity contribution >= 4 is 15.9 Å². The van der Waals surface area contributed by atoms with Gasteiger partial charge in [-0.05, 0) is 54.8 Å². The summed E-state index contributed by atoms with van der Waals surface area (Å²) in [7, 11) is 0. The lowest BCUT2D eigenvalue weighted by Gasteiger charge is -2.12. The molecule has 0 aromatic heterocycles. The van der Waals surface area contributed by atoms with E-state index in [9.17, 15) is 4.39 Å². The van der Waals surface area contributed by atoms with Crippen LogP contribution in [-0.2, 0) is 6.42 Å². The Labute approximate surface area is 126 Å². The van der Waals surface area contributed by atoms with E-state index < -0.39 is 0 Å². The minimum Gasteiger partial charge on any atom is -0.457 e. The van der Waals surface area contributed by atoms with Crippen LogP contribution >= 0.6 is 15.9 Å². The Morgan fingerprint density at radius 3 is 2.40 bits per heavy atom. The van der Waals surface area contributed by atoms with Gasteiger partial charge in [0.1, 0.15) is 17.3 Å². The molecule has 0 aliphatic rings. The number of hydrogen-bond donors (Lipinski definition) is 1. The number of benzene rings is 2. The molecule has 2 nitrogen and oxygen atoms in total. The van der Waals surface area contributed by atoms with Gasteiger partial charge >= 0.3 is 0 Å². The van der Waals surface area contributed by atoms with E-state index in [-0.39, 0.29) is 11.9 Å². The van der Waals surface area contributed by atoms with Gasteiger partial charge in [-0.15, -0.1) is 0 Å². The van der Waals surface area contributed by atoms with Crippen molar-refractivity contribution in [3.63, 3.8) is 0 Å². The van der Waals surface area contributed by atoms with Gasteiger partial charge in [-0.1, -0.05) is 28.9 Å². The minimum atomic E-state index is -0.276. The highest BCUT2D eigenvalue weighted by molar-refractivity contribution is 9.10. The topological polar surface area (TPSA) is 35.2 Å². The molecule has 0 aliphatic carbocycles. The van der Waals surface area contributed by atoms with E-state index in [2.05, 4.69) is 22.9 Å². The van der Waals surface area contributed by atoms with Crippen LogP contribution in [0.3, 0.4) is 0 Å². The van der Waals surface area contributed by atoms with Crippen LogP contribution in [0.1, 0.15) is 18.9 Å². The second kappa shape index (κ2) is 6.86. The number of ether oxygens (including phenoxy) is 1. The van der Waals surface area contributed by atoms with Crippen LogP contribution in [0.5, 0.6) is 11.5 Å². The van der Waals surface area contributed by atoms with Gasteiger partial charge in [-0.3, -0.25) is 0 Å². The lowest BCUT2D eigenvalue weighted by Crippen LogP contribution is -2.21. The summed E-state index contributed by atoms with van der Waals surface area (Å²) in [5.41, 5.74) is 7.12. The van der Waals surface area contributed by atoms with Crippen molar-refractivity contribution in [3.8, 4) is 11.5 Å². The molecule has 1 unspecified atom stereocenters. The van der Waals surface area contributed by atoms with Crippen molar-refractivity contribution in [1.29, 1.82) is 0 Å². The summed E-state index contributed by atoms with van der Waals surface area (Å²) in [4.78, 5) is 0. The Morgan fingerprint density at radius 2 is 1.80 bits per heavy atom. The highest BCUT2D eigenvalue weighted by atomic mass is 79.9. The Bertz CT molecular complexity index is 571. The van der Waals surface area contributed by atoms with Crippen molar-refractivity contribution in [3.05, 3.63) is 58.3 Å². The predicted molar refractivity (Wildman–Crippen MR) is 82.6 cm³/mol. The monoisotopic (exact) mass is 337 g/mol. The molecule has 2 N–H and O–H groups in total. The number of nitrogens with two attached hydrogens (primary N) is 1. The van der Waals surface area contributed by atoms with Gasteiger partial charge in [0.15, 0.2) is 0 Å². The highest BCUT2D eigenvalue weighted by Crippen LogP contribution is 2.28. The molecular weight excluding hydrogens is 321 g/mol. The van der Waals surface area contributed by atoms with Gasteiger partial charge in [0.25, 0.3) is 0 Å². The average Bonchev–Trinajstić information content (AvgIpc) is 2.44. The fourth-order valence-electron chi connectivity index (χ4n) is 1.82. The number of hydrogen-bond acceptors (Lipinski definition) is 2. The lowest BCUT2D eigenvalue weighted by atomic mass is 10.0. The molecule has 0 saturated heterocycles. The number of rotatable bonds is 5. The molecule has 2 rings (SSSR count). The first-order valence-corrected chi connectivity index (χ1v) is 7.35. The second-order valence-corrected chi connectivity index (χ2v) is 5.54. The quantitative estimate of drug-likeness (QED) is 0.861.